The molecule has 0 aromatic heterocycles. The molecule has 1 aromatic carbocycles. The first-order valence-corrected chi connectivity index (χ1v) is 7.45. The van der Waals surface area contributed by atoms with Crippen LogP contribution in [0.5, 0.6) is 0 Å². The van der Waals surface area contributed by atoms with Crippen molar-refractivity contribution in [3.8, 4) is 6.07 Å². The van der Waals surface area contributed by atoms with Crippen molar-refractivity contribution in [1.82, 2.24) is 0 Å². The molecule has 1 heterocycles. The van der Waals surface area contributed by atoms with Crippen LogP contribution in [0.4, 0.5) is 0 Å². The van der Waals surface area contributed by atoms with Gasteiger partial charge in [-0.25, -0.2) is 0 Å². The highest BCUT2D eigenvalue weighted by atomic mass is 16.7. The molecule has 20 heavy (non-hydrogen) atoms. The van der Waals surface area contributed by atoms with E-state index in [-0.39, 0.29) is 5.92 Å². The summed E-state index contributed by atoms with van der Waals surface area (Å²) in [4.78, 5) is 0. The van der Waals surface area contributed by atoms with Crippen LogP contribution in [0, 0.1) is 11.3 Å². The molecule has 0 N–H and O–H groups in total. The van der Waals surface area contributed by atoms with Crippen LogP contribution < -0.4 is 0 Å². The molecular weight excluding hydrogens is 250 g/mol. The number of unbranched alkanes of at least 4 members (excludes halogenated alkanes) is 2. The Balaban J connectivity index is 1.88. The number of hydrogen-bond donors (Lipinski definition) is 0. The highest BCUT2D eigenvalue weighted by Gasteiger charge is 2.32. The highest BCUT2D eigenvalue weighted by molar-refractivity contribution is 5.33. The molecule has 108 valence electrons. The van der Waals surface area contributed by atoms with Gasteiger partial charge in [0, 0.05) is 12.3 Å². The fraction of sp³-hybridized carbons (Fsp3) is 0.588. The molecule has 1 fully saturated rings. The summed E-state index contributed by atoms with van der Waals surface area (Å²) in [7, 11) is 0. The van der Waals surface area contributed by atoms with Crippen LogP contribution in [0.15, 0.2) is 24.3 Å². The molecule has 0 unspecified atom stereocenters. The van der Waals surface area contributed by atoms with Crippen molar-refractivity contribution >= 4 is 0 Å². The Morgan fingerprint density at radius 1 is 1.20 bits per heavy atom. The fourth-order valence-electron chi connectivity index (χ4n) is 2.51. The zero-order chi connectivity index (χ0) is 14.4. The third kappa shape index (κ3) is 3.82. The minimum atomic E-state index is -0.418. The molecule has 1 aliphatic heterocycles. The SMILES string of the molecule is CCCCC[C@]1(C)OC[C@@H](c2ccc(C#N)cc2)CO1. The summed E-state index contributed by atoms with van der Waals surface area (Å²) in [6.45, 7) is 5.62. The molecule has 0 saturated carbocycles. The van der Waals surface area contributed by atoms with Crippen molar-refractivity contribution in [3.05, 3.63) is 35.4 Å². The van der Waals surface area contributed by atoms with Gasteiger partial charge in [0.1, 0.15) is 0 Å². The predicted octanol–water partition coefficient (Wildman–Crippen LogP) is 3.99. The second-order valence-corrected chi connectivity index (χ2v) is 5.64. The number of benzene rings is 1. The fourth-order valence-corrected chi connectivity index (χ4v) is 2.51. The topological polar surface area (TPSA) is 42.2 Å². The van der Waals surface area contributed by atoms with Gasteiger partial charge in [-0.05, 0) is 31.0 Å². The van der Waals surface area contributed by atoms with Crippen LogP contribution in [0.25, 0.3) is 0 Å². The summed E-state index contributed by atoms with van der Waals surface area (Å²) < 4.78 is 11.9. The molecule has 0 radical (unpaired) electrons. The molecule has 0 bridgehead atoms. The van der Waals surface area contributed by atoms with E-state index in [4.69, 9.17) is 14.7 Å². The number of rotatable bonds is 5. The van der Waals surface area contributed by atoms with Crippen molar-refractivity contribution in [2.24, 2.45) is 0 Å². The van der Waals surface area contributed by atoms with Crippen LogP contribution >= 0.6 is 0 Å². The van der Waals surface area contributed by atoms with Crippen molar-refractivity contribution < 1.29 is 9.47 Å². The van der Waals surface area contributed by atoms with Crippen LogP contribution in [0.1, 0.15) is 56.6 Å². The van der Waals surface area contributed by atoms with Gasteiger partial charge < -0.3 is 9.47 Å². The van der Waals surface area contributed by atoms with E-state index in [1.165, 1.54) is 18.4 Å². The lowest BCUT2D eigenvalue weighted by atomic mass is 9.98. The molecule has 0 atom stereocenters. The molecular formula is C17H23NO2. The quantitative estimate of drug-likeness (QED) is 0.762. The Bertz CT molecular complexity index is 453. The largest absolute Gasteiger partial charge is 0.350 e. The highest BCUT2D eigenvalue weighted by Crippen LogP contribution is 2.31. The van der Waals surface area contributed by atoms with Crippen LogP contribution in [0.3, 0.4) is 0 Å². The first-order chi connectivity index (χ1) is 9.67. The van der Waals surface area contributed by atoms with Gasteiger partial charge in [-0.3, -0.25) is 0 Å². The summed E-state index contributed by atoms with van der Waals surface area (Å²) in [6.07, 6.45) is 4.54. The van der Waals surface area contributed by atoms with Crippen molar-refractivity contribution in [3.63, 3.8) is 0 Å². The van der Waals surface area contributed by atoms with Crippen LogP contribution in [0.2, 0.25) is 0 Å². The molecule has 1 saturated heterocycles. The monoisotopic (exact) mass is 273 g/mol. The molecule has 3 heteroatoms. The minimum Gasteiger partial charge on any atom is -0.350 e. The second-order valence-electron chi connectivity index (χ2n) is 5.64. The lowest BCUT2D eigenvalue weighted by Gasteiger charge is -2.38. The normalized spacial score (nSPS) is 26.1. The van der Waals surface area contributed by atoms with E-state index in [1.54, 1.807) is 0 Å². The molecule has 1 aromatic rings. The maximum atomic E-state index is 8.81. The zero-order valence-corrected chi connectivity index (χ0v) is 12.4. The van der Waals surface area contributed by atoms with E-state index in [1.807, 2.05) is 31.2 Å². The summed E-state index contributed by atoms with van der Waals surface area (Å²) in [5, 5.41) is 8.81. The van der Waals surface area contributed by atoms with E-state index < -0.39 is 5.79 Å². The number of nitriles is 1. The third-order valence-corrected chi connectivity index (χ3v) is 3.93. The van der Waals surface area contributed by atoms with E-state index in [0.29, 0.717) is 18.8 Å². The summed E-state index contributed by atoms with van der Waals surface area (Å²) in [5.41, 5.74) is 1.87. The summed E-state index contributed by atoms with van der Waals surface area (Å²) in [5.74, 6) is -0.153. The second kappa shape index (κ2) is 6.88. The van der Waals surface area contributed by atoms with Gasteiger partial charge in [-0.2, -0.15) is 5.26 Å². The van der Waals surface area contributed by atoms with Gasteiger partial charge >= 0.3 is 0 Å². The van der Waals surface area contributed by atoms with E-state index in [2.05, 4.69) is 13.0 Å². The summed E-state index contributed by atoms with van der Waals surface area (Å²) in [6, 6.07) is 9.83. The molecule has 0 spiro atoms. The Morgan fingerprint density at radius 3 is 2.40 bits per heavy atom. The van der Waals surface area contributed by atoms with Gasteiger partial charge in [0.2, 0.25) is 0 Å². The standard InChI is InChI=1S/C17H23NO2/c1-3-4-5-10-17(2)19-12-16(13-20-17)15-8-6-14(11-18)7-9-15/h6-9,16H,3-5,10,12-13H2,1-2H3/t16-,17-. The van der Waals surface area contributed by atoms with E-state index in [0.717, 1.165) is 12.8 Å². The van der Waals surface area contributed by atoms with Gasteiger partial charge in [-0.15, -0.1) is 0 Å². The number of nitrogens with zero attached hydrogens (tertiary/aromatic N) is 1. The van der Waals surface area contributed by atoms with Crippen molar-refractivity contribution in [2.45, 2.75) is 51.2 Å². The van der Waals surface area contributed by atoms with Gasteiger partial charge in [-0.1, -0.05) is 31.9 Å². The van der Waals surface area contributed by atoms with Crippen molar-refractivity contribution in [2.75, 3.05) is 13.2 Å². The van der Waals surface area contributed by atoms with Crippen LogP contribution in [-0.2, 0) is 9.47 Å². The predicted molar refractivity (Wildman–Crippen MR) is 78.3 cm³/mol. The summed E-state index contributed by atoms with van der Waals surface area (Å²) >= 11 is 0. The lowest BCUT2D eigenvalue weighted by molar-refractivity contribution is -0.266. The molecule has 3 nitrogen and oxygen atoms in total. The van der Waals surface area contributed by atoms with Gasteiger partial charge in [0.15, 0.2) is 5.79 Å². The van der Waals surface area contributed by atoms with Crippen LogP contribution in [-0.4, -0.2) is 19.0 Å². The number of ether oxygens (including phenoxy) is 2. The Labute approximate surface area is 121 Å². The van der Waals surface area contributed by atoms with E-state index in [9.17, 15) is 0 Å². The molecule has 0 aliphatic carbocycles. The minimum absolute atomic E-state index is 0.266. The van der Waals surface area contributed by atoms with Gasteiger partial charge in [0.05, 0.1) is 24.8 Å². The number of hydrogen-bond acceptors (Lipinski definition) is 3. The Hall–Kier alpha value is -1.37. The maximum Gasteiger partial charge on any atom is 0.165 e. The molecule has 2 rings (SSSR count). The van der Waals surface area contributed by atoms with Gasteiger partial charge in [0.25, 0.3) is 0 Å². The van der Waals surface area contributed by atoms with Crippen molar-refractivity contribution in [1.29, 1.82) is 5.26 Å². The first-order valence-electron chi connectivity index (χ1n) is 7.45. The average Bonchev–Trinajstić information content (AvgIpc) is 2.48. The third-order valence-electron chi connectivity index (χ3n) is 3.93. The lowest BCUT2D eigenvalue weighted by Crippen LogP contribution is -2.40. The Kier molecular flexibility index (Phi) is 5.17. The first kappa shape index (κ1) is 15.0. The maximum absolute atomic E-state index is 8.81. The Morgan fingerprint density at radius 2 is 1.85 bits per heavy atom. The van der Waals surface area contributed by atoms with E-state index >= 15 is 0 Å². The smallest absolute Gasteiger partial charge is 0.165 e. The molecule has 0 amide bonds. The zero-order valence-electron chi connectivity index (χ0n) is 12.4. The molecule has 1 aliphatic rings. The average molecular weight is 273 g/mol.